The number of aryl methyl sites for hydroxylation is 1. The molecule has 0 radical (unpaired) electrons. The molecule has 3 aromatic rings. The molecule has 0 aliphatic heterocycles. The Hall–Kier alpha value is -1.84. The number of hydrogen-bond donors (Lipinski definition) is 1. The molecule has 0 saturated heterocycles. The van der Waals surface area contributed by atoms with Crippen LogP contribution in [0.2, 0.25) is 5.02 Å². The van der Waals surface area contributed by atoms with Crippen LogP contribution in [0.4, 0.5) is 4.39 Å². The Balaban J connectivity index is 2.14. The lowest BCUT2D eigenvalue weighted by Gasteiger charge is -2.15. The molecule has 4 heteroatoms. The fourth-order valence-corrected chi connectivity index (χ4v) is 2.75. The second kappa shape index (κ2) is 5.51. The number of fused-ring (bicyclic) bond motifs is 1. The summed E-state index contributed by atoms with van der Waals surface area (Å²) in [6.07, 6.45) is 0. The molecule has 3 rings (SSSR count). The molecule has 0 bridgehead atoms. The minimum absolute atomic E-state index is 0.219. The van der Waals surface area contributed by atoms with Gasteiger partial charge >= 0.3 is 0 Å². The maximum atomic E-state index is 14.4. The average Bonchev–Trinajstić information content (AvgIpc) is 2.89. The van der Waals surface area contributed by atoms with Crippen molar-refractivity contribution in [1.82, 2.24) is 5.32 Å². The topological polar surface area (TPSA) is 25.2 Å². The Labute approximate surface area is 127 Å². The maximum absolute atomic E-state index is 14.4. The van der Waals surface area contributed by atoms with Crippen LogP contribution < -0.4 is 5.32 Å². The molecule has 1 unspecified atom stereocenters. The molecule has 0 spiro atoms. The number of para-hydroxylation sites is 1. The highest BCUT2D eigenvalue weighted by atomic mass is 35.5. The Morgan fingerprint density at radius 3 is 2.67 bits per heavy atom. The lowest BCUT2D eigenvalue weighted by Crippen LogP contribution is -2.18. The van der Waals surface area contributed by atoms with E-state index in [0.29, 0.717) is 27.5 Å². The minimum Gasteiger partial charge on any atom is -0.457 e. The highest BCUT2D eigenvalue weighted by Crippen LogP contribution is 2.33. The molecule has 1 heterocycles. The van der Waals surface area contributed by atoms with Gasteiger partial charge in [0, 0.05) is 10.9 Å². The van der Waals surface area contributed by atoms with E-state index < -0.39 is 0 Å². The van der Waals surface area contributed by atoms with Crippen molar-refractivity contribution in [2.45, 2.75) is 13.0 Å². The van der Waals surface area contributed by atoms with Gasteiger partial charge in [-0.2, -0.15) is 0 Å². The van der Waals surface area contributed by atoms with Crippen LogP contribution in [0.25, 0.3) is 11.0 Å². The predicted octanol–water partition coefficient (Wildman–Crippen LogP) is 4.84. The lowest BCUT2D eigenvalue weighted by molar-refractivity contribution is 0.475. The van der Waals surface area contributed by atoms with Gasteiger partial charge in [-0.1, -0.05) is 41.9 Å². The molecule has 0 aliphatic rings. The third kappa shape index (κ3) is 2.43. The van der Waals surface area contributed by atoms with Gasteiger partial charge < -0.3 is 9.73 Å². The molecule has 0 fully saturated rings. The van der Waals surface area contributed by atoms with E-state index >= 15 is 0 Å². The standard InChI is InChI=1S/C17H15ClFNO/c1-10-5-3-7-12(15(10)19)16(20-2)14-9-11-6-4-8-13(18)17(11)21-14/h3-9,16,20H,1-2H3. The Bertz CT molecular complexity index is 797. The second-order valence-corrected chi connectivity index (χ2v) is 5.41. The van der Waals surface area contributed by atoms with Crippen molar-refractivity contribution in [3.63, 3.8) is 0 Å². The largest absolute Gasteiger partial charge is 0.457 e. The van der Waals surface area contributed by atoms with Crippen LogP contribution in [0.3, 0.4) is 0 Å². The Morgan fingerprint density at radius 2 is 1.95 bits per heavy atom. The molecule has 2 nitrogen and oxygen atoms in total. The fourth-order valence-electron chi connectivity index (χ4n) is 2.53. The van der Waals surface area contributed by atoms with Crippen molar-refractivity contribution in [2.75, 3.05) is 7.05 Å². The normalized spacial score (nSPS) is 12.8. The first-order chi connectivity index (χ1) is 10.1. The van der Waals surface area contributed by atoms with Crippen LogP contribution in [0.1, 0.15) is 22.9 Å². The summed E-state index contributed by atoms with van der Waals surface area (Å²) in [7, 11) is 1.78. The molecule has 1 aromatic heterocycles. The summed E-state index contributed by atoms with van der Waals surface area (Å²) in [4.78, 5) is 0. The van der Waals surface area contributed by atoms with Crippen molar-refractivity contribution < 1.29 is 8.81 Å². The van der Waals surface area contributed by atoms with Gasteiger partial charge in [-0.15, -0.1) is 0 Å². The Kier molecular flexibility index (Phi) is 3.70. The van der Waals surface area contributed by atoms with Crippen molar-refractivity contribution in [3.05, 3.63) is 70.2 Å². The monoisotopic (exact) mass is 303 g/mol. The van der Waals surface area contributed by atoms with E-state index in [-0.39, 0.29) is 11.9 Å². The first kappa shape index (κ1) is 14.1. The summed E-state index contributed by atoms with van der Waals surface area (Å²) in [6, 6.07) is 12.5. The zero-order chi connectivity index (χ0) is 15.0. The van der Waals surface area contributed by atoms with E-state index in [1.807, 2.05) is 24.3 Å². The van der Waals surface area contributed by atoms with Crippen molar-refractivity contribution >= 4 is 22.6 Å². The van der Waals surface area contributed by atoms with Gasteiger partial charge in [0.1, 0.15) is 11.6 Å². The molecule has 108 valence electrons. The molecule has 1 atom stereocenters. The van der Waals surface area contributed by atoms with Gasteiger partial charge in [0.15, 0.2) is 5.58 Å². The lowest BCUT2D eigenvalue weighted by atomic mass is 10.0. The van der Waals surface area contributed by atoms with Gasteiger partial charge in [0.05, 0.1) is 11.1 Å². The molecule has 1 N–H and O–H groups in total. The number of halogens is 2. The Morgan fingerprint density at radius 1 is 1.19 bits per heavy atom. The van der Waals surface area contributed by atoms with Crippen molar-refractivity contribution in [2.24, 2.45) is 0 Å². The quantitative estimate of drug-likeness (QED) is 0.749. The first-order valence-electron chi connectivity index (χ1n) is 6.72. The van der Waals surface area contributed by atoms with Crippen LogP contribution in [-0.4, -0.2) is 7.05 Å². The molecule has 21 heavy (non-hydrogen) atoms. The number of nitrogens with one attached hydrogen (secondary N) is 1. The highest BCUT2D eigenvalue weighted by molar-refractivity contribution is 6.34. The molecule has 2 aromatic carbocycles. The van der Waals surface area contributed by atoms with Crippen molar-refractivity contribution in [3.8, 4) is 0 Å². The highest BCUT2D eigenvalue weighted by Gasteiger charge is 2.21. The van der Waals surface area contributed by atoms with Gasteiger partial charge in [-0.05, 0) is 31.7 Å². The second-order valence-electron chi connectivity index (χ2n) is 5.01. The molecular formula is C17H15ClFNO. The summed E-state index contributed by atoms with van der Waals surface area (Å²) in [5.41, 5.74) is 1.80. The third-order valence-electron chi connectivity index (χ3n) is 3.62. The summed E-state index contributed by atoms with van der Waals surface area (Å²) in [5.74, 6) is 0.425. The fraction of sp³-hybridized carbons (Fsp3) is 0.176. The van der Waals surface area contributed by atoms with E-state index in [9.17, 15) is 4.39 Å². The van der Waals surface area contributed by atoms with Crippen LogP contribution in [0.5, 0.6) is 0 Å². The number of hydrogen-bond acceptors (Lipinski definition) is 2. The molecule has 0 aliphatic carbocycles. The average molecular weight is 304 g/mol. The van der Waals surface area contributed by atoms with E-state index in [2.05, 4.69) is 5.32 Å². The van der Waals surface area contributed by atoms with E-state index in [0.717, 1.165) is 5.39 Å². The zero-order valence-electron chi connectivity index (χ0n) is 11.8. The van der Waals surface area contributed by atoms with Crippen molar-refractivity contribution in [1.29, 1.82) is 0 Å². The van der Waals surface area contributed by atoms with Crippen LogP contribution in [0, 0.1) is 12.7 Å². The molecular weight excluding hydrogens is 289 g/mol. The van der Waals surface area contributed by atoms with Gasteiger partial charge in [-0.25, -0.2) is 4.39 Å². The van der Waals surface area contributed by atoms with E-state index in [1.165, 1.54) is 0 Å². The third-order valence-corrected chi connectivity index (χ3v) is 3.92. The van der Waals surface area contributed by atoms with Crippen LogP contribution in [0.15, 0.2) is 46.9 Å². The number of furan rings is 1. The molecule has 0 saturated carbocycles. The molecule has 0 amide bonds. The minimum atomic E-state index is -0.353. The zero-order valence-corrected chi connectivity index (χ0v) is 12.5. The van der Waals surface area contributed by atoms with Crippen LogP contribution >= 0.6 is 11.6 Å². The maximum Gasteiger partial charge on any atom is 0.152 e. The smallest absolute Gasteiger partial charge is 0.152 e. The SMILES string of the molecule is CNC(c1cc2cccc(Cl)c2o1)c1cccc(C)c1F. The van der Waals surface area contributed by atoms with E-state index in [4.69, 9.17) is 16.0 Å². The predicted molar refractivity (Wildman–Crippen MR) is 83.3 cm³/mol. The number of benzene rings is 2. The summed E-state index contributed by atoms with van der Waals surface area (Å²) in [6.45, 7) is 1.75. The number of rotatable bonds is 3. The summed E-state index contributed by atoms with van der Waals surface area (Å²) in [5, 5.41) is 4.57. The summed E-state index contributed by atoms with van der Waals surface area (Å²) >= 11 is 6.13. The summed E-state index contributed by atoms with van der Waals surface area (Å²) < 4.78 is 20.2. The van der Waals surface area contributed by atoms with Crippen LogP contribution in [-0.2, 0) is 0 Å². The van der Waals surface area contributed by atoms with Gasteiger partial charge in [0.25, 0.3) is 0 Å². The van der Waals surface area contributed by atoms with E-state index in [1.54, 1.807) is 32.2 Å². The van der Waals surface area contributed by atoms with Gasteiger partial charge in [0.2, 0.25) is 0 Å². The van der Waals surface area contributed by atoms with Gasteiger partial charge in [-0.3, -0.25) is 0 Å². The first-order valence-corrected chi connectivity index (χ1v) is 7.10.